The molecular formula is C47H80O17. The molecule has 3 aliphatic heterocycles. The van der Waals surface area contributed by atoms with E-state index < -0.39 is 123 Å². The summed E-state index contributed by atoms with van der Waals surface area (Å²) in [4.78, 5) is 0. The average molecular weight is 917 g/mol. The topological polar surface area (TPSA) is 278 Å². The molecule has 0 aromatic carbocycles. The van der Waals surface area contributed by atoms with Crippen LogP contribution in [0.15, 0.2) is 11.6 Å². The molecular weight excluding hydrogens is 836 g/mol. The van der Waals surface area contributed by atoms with Gasteiger partial charge in [-0.2, -0.15) is 0 Å². The van der Waals surface area contributed by atoms with Crippen LogP contribution in [0, 0.1) is 45.3 Å². The maximum absolute atomic E-state index is 12.7. The summed E-state index contributed by atoms with van der Waals surface area (Å²) in [6.07, 6.45) is -11.9. The molecule has 24 unspecified atom stereocenters. The first-order valence-corrected chi connectivity index (χ1v) is 23.8. The van der Waals surface area contributed by atoms with Gasteiger partial charge in [-0.25, -0.2) is 0 Å². The number of ether oxygens (including phenoxy) is 6. The van der Waals surface area contributed by atoms with Crippen molar-refractivity contribution in [1.82, 2.24) is 0 Å². The molecule has 0 aromatic heterocycles. The van der Waals surface area contributed by atoms with Crippen LogP contribution in [0.3, 0.4) is 0 Å². The average Bonchev–Trinajstić information content (AvgIpc) is 3.76. The van der Waals surface area contributed by atoms with Crippen LogP contribution in [0.2, 0.25) is 0 Å². The molecule has 64 heavy (non-hydrogen) atoms. The van der Waals surface area contributed by atoms with Gasteiger partial charge in [-0.1, -0.05) is 46.3 Å². The summed E-state index contributed by atoms with van der Waals surface area (Å²) in [6.45, 7) is 16.1. The van der Waals surface area contributed by atoms with Gasteiger partial charge in [-0.15, -0.1) is 0 Å². The summed E-state index contributed by atoms with van der Waals surface area (Å²) in [5.74, 6) is -0.0472. The highest BCUT2D eigenvalue weighted by molar-refractivity contribution is 5.20. The summed E-state index contributed by atoms with van der Waals surface area (Å²) < 4.78 is 36.6. The van der Waals surface area contributed by atoms with Gasteiger partial charge in [-0.3, -0.25) is 0 Å². The summed E-state index contributed by atoms with van der Waals surface area (Å²) in [5, 5.41) is 118. The molecule has 4 aliphatic carbocycles. The second kappa shape index (κ2) is 18.8. The van der Waals surface area contributed by atoms with Crippen molar-refractivity contribution in [2.75, 3.05) is 19.8 Å². The molecule has 0 bridgehead atoms. The minimum atomic E-state index is -1.67. The van der Waals surface area contributed by atoms with Crippen molar-refractivity contribution >= 4 is 0 Å². The fourth-order valence-corrected chi connectivity index (χ4v) is 14.6. The molecule has 0 radical (unpaired) electrons. The number of allylic oxidation sites excluding steroid dienone is 2. The van der Waals surface area contributed by atoms with Gasteiger partial charge in [0.15, 0.2) is 18.9 Å². The largest absolute Gasteiger partial charge is 0.394 e. The zero-order valence-corrected chi connectivity index (χ0v) is 39.0. The molecule has 3 saturated heterocycles. The summed E-state index contributed by atoms with van der Waals surface area (Å²) in [5.41, 5.74) is -0.947. The maximum atomic E-state index is 12.7. The predicted molar refractivity (Wildman–Crippen MR) is 228 cm³/mol. The van der Waals surface area contributed by atoms with Gasteiger partial charge in [0.05, 0.1) is 37.6 Å². The quantitative estimate of drug-likeness (QED) is 0.0892. The fourth-order valence-electron chi connectivity index (χ4n) is 14.6. The fraction of sp³-hybridized carbons (Fsp3) is 0.957. The van der Waals surface area contributed by atoms with Crippen LogP contribution in [-0.2, 0) is 28.4 Å². The van der Waals surface area contributed by atoms with E-state index >= 15 is 0 Å². The van der Waals surface area contributed by atoms with E-state index in [1.807, 2.05) is 20.8 Å². The van der Waals surface area contributed by atoms with E-state index in [-0.39, 0.29) is 46.0 Å². The molecule has 17 heteroatoms. The third-order valence-corrected chi connectivity index (χ3v) is 18.4. The van der Waals surface area contributed by atoms with Crippen molar-refractivity contribution < 1.29 is 84.6 Å². The van der Waals surface area contributed by atoms with Crippen molar-refractivity contribution in [3.05, 3.63) is 11.6 Å². The Morgan fingerprint density at radius 3 is 1.81 bits per heavy atom. The minimum Gasteiger partial charge on any atom is -0.394 e. The van der Waals surface area contributed by atoms with Crippen molar-refractivity contribution in [1.29, 1.82) is 0 Å². The molecule has 11 N–H and O–H groups in total. The predicted octanol–water partition coefficient (Wildman–Crippen LogP) is 0.612. The summed E-state index contributed by atoms with van der Waals surface area (Å²) >= 11 is 0. The first-order chi connectivity index (χ1) is 29.9. The van der Waals surface area contributed by atoms with E-state index in [9.17, 15) is 56.2 Å². The molecule has 7 rings (SSSR count). The Balaban J connectivity index is 1.11. The third kappa shape index (κ3) is 8.49. The molecule has 7 fully saturated rings. The zero-order chi connectivity index (χ0) is 47.1. The molecule has 24 atom stereocenters. The maximum Gasteiger partial charge on any atom is 0.187 e. The van der Waals surface area contributed by atoms with E-state index in [2.05, 4.69) is 40.7 Å². The van der Waals surface area contributed by atoms with Crippen molar-refractivity contribution in [3.8, 4) is 0 Å². The highest BCUT2D eigenvalue weighted by Crippen LogP contribution is 2.76. The Bertz CT molecular complexity index is 1630. The van der Waals surface area contributed by atoms with Crippen LogP contribution in [0.1, 0.15) is 113 Å². The van der Waals surface area contributed by atoms with Crippen LogP contribution in [0.4, 0.5) is 0 Å². The lowest BCUT2D eigenvalue weighted by Crippen LogP contribution is -2.67. The van der Waals surface area contributed by atoms with Gasteiger partial charge in [0.1, 0.15) is 67.1 Å². The van der Waals surface area contributed by atoms with Crippen LogP contribution in [0.5, 0.6) is 0 Å². The number of rotatable bonds is 13. The molecule has 17 nitrogen and oxygen atoms in total. The Labute approximate surface area is 377 Å². The van der Waals surface area contributed by atoms with Crippen LogP contribution in [0.25, 0.3) is 0 Å². The van der Waals surface area contributed by atoms with Crippen molar-refractivity contribution in [2.24, 2.45) is 45.3 Å². The van der Waals surface area contributed by atoms with Gasteiger partial charge in [0, 0.05) is 0 Å². The Morgan fingerprint density at radius 1 is 0.641 bits per heavy atom. The van der Waals surface area contributed by atoms with Crippen LogP contribution in [-0.4, -0.2) is 180 Å². The standard InChI is InChI=1S/C47H80O17/c1-22(2)10-9-14-47(8,64-42-39(58)36(55)34(53)27(62-42)21-59-40-37(56)33(52)26(20-49)60-40)23-11-16-46(7)31(23)24(50)18-29-44(5)15-13-30(43(3,4)28(44)12-17-45(29,46)6)63-41-38(57)35(54)32(51)25(19-48)61-41/h10,23-42,48-58H,9,11-21H2,1-8H3. The molecule has 4 saturated carbocycles. The number of hydrogen-bond donors (Lipinski definition) is 11. The SMILES string of the molecule is CC(C)=CCCC(C)(OC1OC(COC2OC(CO)C(O)C2O)C(O)C(O)C1O)C1CCC2(C)C1C(O)CC1C3(C)CCC(OC4OC(CO)C(O)C(O)C4O)C(C)(C)C3CCC12C. The second-order valence-electron chi connectivity index (χ2n) is 22.4. The van der Waals surface area contributed by atoms with E-state index in [4.69, 9.17) is 28.4 Å². The summed E-state index contributed by atoms with van der Waals surface area (Å²) in [6, 6.07) is 0. The minimum absolute atomic E-state index is 0.149. The number of aliphatic hydroxyl groups excluding tert-OH is 11. The lowest BCUT2D eigenvalue weighted by Gasteiger charge is -2.71. The van der Waals surface area contributed by atoms with E-state index in [1.165, 1.54) is 0 Å². The number of aliphatic hydroxyl groups is 11. The van der Waals surface area contributed by atoms with Gasteiger partial charge in [-0.05, 0) is 124 Å². The molecule has 0 spiro atoms. The smallest absolute Gasteiger partial charge is 0.187 e. The normalized spacial score (nSPS) is 52.3. The monoisotopic (exact) mass is 917 g/mol. The van der Waals surface area contributed by atoms with Gasteiger partial charge < -0.3 is 84.6 Å². The Morgan fingerprint density at radius 2 is 1.19 bits per heavy atom. The third-order valence-electron chi connectivity index (χ3n) is 18.4. The van der Waals surface area contributed by atoms with Gasteiger partial charge in [0.25, 0.3) is 0 Å². The summed E-state index contributed by atoms with van der Waals surface area (Å²) in [7, 11) is 0. The molecule has 7 aliphatic rings. The highest BCUT2D eigenvalue weighted by atomic mass is 16.7. The molecule has 0 aromatic rings. The van der Waals surface area contributed by atoms with Gasteiger partial charge in [0.2, 0.25) is 0 Å². The van der Waals surface area contributed by atoms with Crippen molar-refractivity contribution in [2.45, 2.75) is 217 Å². The Hall–Kier alpha value is -0.940. The number of hydrogen-bond acceptors (Lipinski definition) is 17. The lowest BCUT2D eigenvalue weighted by atomic mass is 9.35. The van der Waals surface area contributed by atoms with E-state index in [0.29, 0.717) is 25.7 Å². The van der Waals surface area contributed by atoms with E-state index in [0.717, 1.165) is 37.7 Å². The molecule has 0 amide bonds. The van der Waals surface area contributed by atoms with E-state index in [1.54, 1.807) is 0 Å². The first-order valence-electron chi connectivity index (χ1n) is 23.8. The van der Waals surface area contributed by atoms with Crippen molar-refractivity contribution in [3.63, 3.8) is 0 Å². The number of fused-ring (bicyclic) bond motifs is 5. The van der Waals surface area contributed by atoms with Crippen LogP contribution >= 0.6 is 0 Å². The zero-order valence-electron chi connectivity index (χ0n) is 39.0. The lowest BCUT2D eigenvalue weighted by molar-refractivity contribution is -0.342. The second-order valence-corrected chi connectivity index (χ2v) is 22.4. The molecule has 370 valence electrons. The highest BCUT2D eigenvalue weighted by Gasteiger charge is 2.72. The van der Waals surface area contributed by atoms with Crippen LogP contribution < -0.4 is 0 Å². The van der Waals surface area contributed by atoms with Gasteiger partial charge >= 0.3 is 0 Å². The molecule has 3 heterocycles. The first kappa shape index (κ1) is 50.9. The Kier molecular flexibility index (Phi) is 14.9.